The molecule has 0 saturated carbocycles. The molecule has 1 rings (SSSR count). The van der Waals surface area contributed by atoms with Crippen LogP contribution in [0, 0.1) is 18.2 Å². The van der Waals surface area contributed by atoms with Crippen LogP contribution < -0.4 is 4.74 Å². The van der Waals surface area contributed by atoms with Gasteiger partial charge < -0.3 is 9.84 Å². The first-order chi connectivity index (χ1) is 7.15. The lowest BCUT2D eigenvalue weighted by Gasteiger charge is -2.08. The average molecular weight is 208 g/mol. The molecule has 1 aromatic rings. The van der Waals surface area contributed by atoms with Gasteiger partial charge in [0.15, 0.2) is 0 Å². The van der Waals surface area contributed by atoms with Crippen LogP contribution in [0.2, 0.25) is 0 Å². The van der Waals surface area contributed by atoms with Crippen molar-refractivity contribution in [3.63, 3.8) is 0 Å². The summed E-state index contributed by atoms with van der Waals surface area (Å²) in [4.78, 5) is 0. The monoisotopic (exact) mass is 208 g/mol. The summed E-state index contributed by atoms with van der Waals surface area (Å²) in [5.74, 6) is 2.38. The predicted octanol–water partition coefficient (Wildman–Crippen LogP) is 2.28. The standard InChI is InChI=1S/C12H13FO2/c1-3-4-7-15-10-5-6-11(9(2)14)12(13)8-10/h1,5-6,8-9,14H,4,7H2,2H3. The molecule has 0 amide bonds. The molecule has 0 saturated heterocycles. The Kier molecular flexibility index (Phi) is 4.14. The van der Waals surface area contributed by atoms with E-state index in [-0.39, 0.29) is 5.56 Å². The lowest BCUT2D eigenvalue weighted by atomic mass is 10.1. The summed E-state index contributed by atoms with van der Waals surface area (Å²) in [5.41, 5.74) is 0.263. The van der Waals surface area contributed by atoms with Crippen molar-refractivity contribution in [2.24, 2.45) is 0 Å². The Morgan fingerprint density at radius 3 is 2.87 bits per heavy atom. The summed E-state index contributed by atoms with van der Waals surface area (Å²) in [6.45, 7) is 1.88. The van der Waals surface area contributed by atoms with E-state index >= 15 is 0 Å². The van der Waals surface area contributed by atoms with Gasteiger partial charge in [0.2, 0.25) is 0 Å². The molecule has 0 aliphatic carbocycles. The highest BCUT2D eigenvalue weighted by Crippen LogP contribution is 2.21. The average Bonchev–Trinajstić information content (AvgIpc) is 2.17. The molecule has 1 atom stereocenters. The minimum Gasteiger partial charge on any atom is -0.492 e. The Bertz CT molecular complexity index is 366. The number of hydrogen-bond donors (Lipinski definition) is 1. The van der Waals surface area contributed by atoms with E-state index in [0.29, 0.717) is 18.8 Å². The molecule has 0 fully saturated rings. The third-order valence-corrected chi connectivity index (χ3v) is 1.94. The number of rotatable bonds is 4. The Hall–Kier alpha value is -1.53. The minimum absolute atomic E-state index is 0.263. The molecule has 0 radical (unpaired) electrons. The molecule has 80 valence electrons. The highest BCUT2D eigenvalue weighted by molar-refractivity contribution is 5.30. The van der Waals surface area contributed by atoms with Crippen LogP contribution in [0.4, 0.5) is 4.39 Å². The molecule has 15 heavy (non-hydrogen) atoms. The Morgan fingerprint density at radius 1 is 1.60 bits per heavy atom. The summed E-state index contributed by atoms with van der Waals surface area (Å²) in [5, 5.41) is 9.20. The second-order valence-electron chi connectivity index (χ2n) is 3.16. The van der Waals surface area contributed by atoms with Crippen molar-refractivity contribution in [1.29, 1.82) is 0 Å². The van der Waals surface area contributed by atoms with Crippen LogP contribution in [-0.2, 0) is 0 Å². The van der Waals surface area contributed by atoms with Crippen molar-refractivity contribution >= 4 is 0 Å². The highest BCUT2D eigenvalue weighted by Gasteiger charge is 2.08. The maximum atomic E-state index is 13.3. The largest absolute Gasteiger partial charge is 0.492 e. The van der Waals surface area contributed by atoms with Gasteiger partial charge in [0, 0.05) is 18.1 Å². The number of ether oxygens (including phenoxy) is 1. The van der Waals surface area contributed by atoms with Gasteiger partial charge in [-0.25, -0.2) is 4.39 Å². The van der Waals surface area contributed by atoms with E-state index in [4.69, 9.17) is 11.2 Å². The molecule has 0 aromatic heterocycles. The highest BCUT2D eigenvalue weighted by atomic mass is 19.1. The molecule has 0 aliphatic rings. The molecule has 3 heteroatoms. The second-order valence-corrected chi connectivity index (χ2v) is 3.16. The molecule has 1 aromatic carbocycles. The summed E-state index contributed by atoms with van der Waals surface area (Å²) in [6, 6.07) is 4.37. The first-order valence-corrected chi connectivity index (χ1v) is 4.69. The van der Waals surface area contributed by atoms with Crippen molar-refractivity contribution in [3.8, 4) is 18.1 Å². The maximum Gasteiger partial charge on any atom is 0.132 e. The van der Waals surface area contributed by atoms with Crippen LogP contribution in [0.25, 0.3) is 0 Å². The van der Waals surface area contributed by atoms with Gasteiger partial charge in [0.05, 0.1) is 12.7 Å². The number of aliphatic hydroxyl groups excluding tert-OH is 1. The molecule has 0 bridgehead atoms. The summed E-state index contributed by atoms with van der Waals surface area (Å²) < 4.78 is 18.5. The smallest absolute Gasteiger partial charge is 0.132 e. The van der Waals surface area contributed by atoms with Crippen LogP contribution in [0.1, 0.15) is 25.0 Å². The SMILES string of the molecule is C#CCCOc1ccc(C(C)O)c(F)c1. The lowest BCUT2D eigenvalue weighted by Crippen LogP contribution is -1.99. The molecular weight excluding hydrogens is 195 g/mol. The minimum atomic E-state index is -0.815. The first kappa shape index (κ1) is 11.5. The topological polar surface area (TPSA) is 29.5 Å². The fourth-order valence-electron chi connectivity index (χ4n) is 1.16. The van der Waals surface area contributed by atoms with E-state index in [2.05, 4.69) is 5.92 Å². The van der Waals surface area contributed by atoms with Gasteiger partial charge >= 0.3 is 0 Å². The molecule has 1 N–H and O–H groups in total. The van der Waals surface area contributed by atoms with Crippen LogP contribution in [0.5, 0.6) is 5.75 Å². The molecule has 0 spiro atoms. The fraction of sp³-hybridized carbons (Fsp3) is 0.333. The van der Waals surface area contributed by atoms with Crippen LogP contribution in [0.3, 0.4) is 0 Å². The van der Waals surface area contributed by atoms with Crippen molar-refractivity contribution in [2.45, 2.75) is 19.4 Å². The van der Waals surface area contributed by atoms with Crippen LogP contribution >= 0.6 is 0 Å². The lowest BCUT2D eigenvalue weighted by molar-refractivity contribution is 0.194. The second kappa shape index (κ2) is 5.38. The predicted molar refractivity (Wildman–Crippen MR) is 56.0 cm³/mol. The van der Waals surface area contributed by atoms with Crippen molar-refractivity contribution in [2.75, 3.05) is 6.61 Å². The van der Waals surface area contributed by atoms with Crippen molar-refractivity contribution < 1.29 is 14.2 Å². The van der Waals surface area contributed by atoms with E-state index in [1.165, 1.54) is 19.1 Å². The quantitative estimate of drug-likeness (QED) is 0.607. The third-order valence-electron chi connectivity index (χ3n) is 1.94. The zero-order chi connectivity index (χ0) is 11.3. The summed E-state index contributed by atoms with van der Waals surface area (Å²) in [6.07, 6.45) is 4.72. The molecular formula is C12H13FO2. The molecule has 0 aliphatic heterocycles. The van der Waals surface area contributed by atoms with E-state index in [1.807, 2.05) is 0 Å². The zero-order valence-corrected chi connectivity index (χ0v) is 8.53. The Morgan fingerprint density at radius 2 is 2.33 bits per heavy atom. The van der Waals surface area contributed by atoms with Crippen LogP contribution in [-0.4, -0.2) is 11.7 Å². The molecule has 1 unspecified atom stereocenters. The van der Waals surface area contributed by atoms with Crippen LogP contribution in [0.15, 0.2) is 18.2 Å². The van der Waals surface area contributed by atoms with Gasteiger partial charge in [-0.3, -0.25) is 0 Å². The fourth-order valence-corrected chi connectivity index (χ4v) is 1.16. The molecule has 2 nitrogen and oxygen atoms in total. The van der Waals surface area contributed by atoms with E-state index in [9.17, 15) is 9.50 Å². The Labute approximate surface area is 88.7 Å². The van der Waals surface area contributed by atoms with Gasteiger partial charge in [0.1, 0.15) is 11.6 Å². The number of benzene rings is 1. The third kappa shape index (κ3) is 3.26. The van der Waals surface area contributed by atoms with Gasteiger partial charge in [-0.2, -0.15) is 0 Å². The number of halogens is 1. The molecule has 0 heterocycles. The number of aliphatic hydroxyl groups is 1. The maximum absolute atomic E-state index is 13.3. The van der Waals surface area contributed by atoms with E-state index < -0.39 is 11.9 Å². The van der Waals surface area contributed by atoms with Gasteiger partial charge in [-0.1, -0.05) is 0 Å². The van der Waals surface area contributed by atoms with Crippen molar-refractivity contribution in [3.05, 3.63) is 29.6 Å². The normalized spacial score (nSPS) is 11.9. The Balaban J connectivity index is 2.70. The zero-order valence-electron chi connectivity index (χ0n) is 8.53. The number of terminal acetylenes is 1. The summed E-state index contributed by atoms with van der Waals surface area (Å²) in [7, 11) is 0. The van der Waals surface area contributed by atoms with Crippen molar-refractivity contribution in [1.82, 2.24) is 0 Å². The summed E-state index contributed by atoms with van der Waals surface area (Å²) >= 11 is 0. The van der Waals surface area contributed by atoms with Gasteiger partial charge in [0.25, 0.3) is 0 Å². The van der Waals surface area contributed by atoms with E-state index in [0.717, 1.165) is 0 Å². The first-order valence-electron chi connectivity index (χ1n) is 4.69. The number of hydrogen-bond acceptors (Lipinski definition) is 2. The van der Waals surface area contributed by atoms with E-state index in [1.54, 1.807) is 6.07 Å². The van der Waals surface area contributed by atoms with Gasteiger partial charge in [-0.05, 0) is 19.1 Å². The van der Waals surface area contributed by atoms with Gasteiger partial charge in [-0.15, -0.1) is 12.3 Å².